The number of hydrogen-bond donors (Lipinski definition) is 1. The topological polar surface area (TPSA) is 21.3 Å². The minimum absolute atomic E-state index is 0.332. The van der Waals surface area contributed by atoms with Crippen LogP contribution in [0.1, 0.15) is 5.56 Å². The maximum Gasteiger partial charge on any atom is 0.261 e. The SMILES string of the molecule is FC(F)COCCNCCc1ccccc1. The molecule has 0 unspecified atom stereocenters. The molecule has 0 aliphatic rings. The van der Waals surface area contributed by atoms with Gasteiger partial charge in [-0.1, -0.05) is 30.3 Å². The number of rotatable bonds is 8. The number of alkyl halides is 2. The molecule has 1 aromatic carbocycles. The van der Waals surface area contributed by atoms with Gasteiger partial charge in [-0.25, -0.2) is 8.78 Å². The minimum atomic E-state index is -2.37. The number of hydrogen-bond acceptors (Lipinski definition) is 2. The second-order valence-corrected chi connectivity index (χ2v) is 3.45. The quantitative estimate of drug-likeness (QED) is 0.689. The van der Waals surface area contributed by atoms with E-state index in [4.69, 9.17) is 4.74 Å². The fourth-order valence-corrected chi connectivity index (χ4v) is 1.32. The van der Waals surface area contributed by atoms with E-state index in [0.29, 0.717) is 13.2 Å². The Kier molecular flexibility index (Phi) is 6.69. The highest BCUT2D eigenvalue weighted by Crippen LogP contribution is 1.97. The summed E-state index contributed by atoms with van der Waals surface area (Å²) in [5.41, 5.74) is 1.27. The lowest BCUT2D eigenvalue weighted by molar-refractivity contribution is 0.0188. The molecule has 0 saturated heterocycles. The van der Waals surface area contributed by atoms with E-state index in [1.807, 2.05) is 18.2 Å². The van der Waals surface area contributed by atoms with E-state index in [-0.39, 0.29) is 0 Å². The summed E-state index contributed by atoms with van der Waals surface area (Å²) in [6.07, 6.45) is -1.43. The molecule has 0 atom stereocenters. The summed E-state index contributed by atoms with van der Waals surface area (Å²) >= 11 is 0. The highest BCUT2D eigenvalue weighted by atomic mass is 19.3. The molecule has 0 aliphatic carbocycles. The molecule has 1 N–H and O–H groups in total. The Hall–Kier alpha value is -1.00. The highest BCUT2D eigenvalue weighted by Gasteiger charge is 2.00. The first kappa shape index (κ1) is 13.1. The molecule has 4 heteroatoms. The molecule has 0 aliphatic heterocycles. The zero-order valence-corrected chi connectivity index (χ0v) is 9.16. The van der Waals surface area contributed by atoms with E-state index in [1.165, 1.54) is 5.56 Å². The molecule has 0 spiro atoms. The fraction of sp³-hybridized carbons (Fsp3) is 0.500. The van der Waals surface area contributed by atoms with Gasteiger partial charge in [-0.15, -0.1) is 0 Å². The van der Waals surface area contributed by atoms with Gasteiger partial charge in [-0.2, -0.15) is 0 Å². The van der Waals surface area contributed by atoms with E-state index in [0.717, 1.165) is 13.0 Å². The van der Waals surface area contributed by atoms with Crippen molar-refractivity contribution in [1.82, 2.24) is 5.32 Å². The predicted octanol–water partition coefficient (Wildman–Crippen LogP) is 2.10. The molecule has 0 fully saturated rings. The van der Waals surface area contributed by atoms with Crippen molar-refractivity contribution in [2.45, 2.75) is 12.8 Å². The van der Waals surface area contributed by atoms with Gasteiger partial charge in [0, 0.05) is 6.54 Å². The average molecular weight is 229 g/mol. The predicted molar refractivity (Wildman–Crippen MR) is 59.8 cm³/mol. The molecule has 0 radical (unpaired) electrons. The van der Waals surface area contributed by atoms with Crippen molar-refractivity contribution < 1.29 is 13.5 Å². The third-order valence-corrected chi connectivity index (χ3v) is 2.10. The second-order valence-electron chi connectivity index (χ2n) is 3.45. The van der Waals surface area contributed by atoms with Crippen LogP contribution in [0.15, 0.2) is 30.3 Å². The first-order chi connectivity index (χ1) is 7.79. The normalized spacial score (nSPS) is 10.9. The van der Waals surface area contributed by atoms with Crippen molar-refractivity contribution in [3.63, 3.8) is 0 Å². The van der Waals surface area contributed by atoms with E-state index in [1.54, 1.807) is 0 Å². The van der Waals surface area contributed by atoms with Crippen LogP contribution in [0, 0.1) is 0 Å². The number of ether oxygens (including phenoxy) is 1. The highest BCUT2D eigenvalue weighted by molar-refractivity contribution is 5.14. The van der Waals surface area contributed by atoms with Crippen LogP contribution in [-0.2, 0) is 11.2 Å². The van der Waals surface area contributed by atoms with Gasteiger partial charge in [-0.3, -0.25) is 0 Å². The van der Waals surface area contributed by atoms with Crippen molar-refractivity contribution in [3.05, 3.63) is 35.9 Å². The summed E-state index contributed by atoms with van der Waals surface area (Å²) in [5, 5.41) is 3.14. The van der Waals surface area contributed by atoms with Crippen molar-refractivity contribution in [3.8, 4) is 0 Å². The Morgan fingerprint density at radius 3 is 2.56 bits per heavy atom. The maximum atomic E-state index is 11.7. The van der Waals surface area contributed by atoms with Gasteiger partial charge in [0.05, 0.1) is 6.61 Å². The first-order valence-corrected chi connectivity index (χ1v) is 5.39. The van der Waals surface area contributed by atoms with Gasteiger partial charge in [0.15, 0.2) is 0 Å². The molecular weight excluding hydrogens is 212 g/mol. The van der Waals surface area contributed by atoms with Gasteiger partial charge >= 0.3 is 0 Å². The Labute approximate surface area is 94.6 Å². The molecule has 0 bridgehead atoms. The molecule has 90 valence electrons. The molecular formula is C12H17F2NO. The van der Waals surface area contributed by atoms with Crippen molar-refractivity contribution >= 4 is 0 Å². The number of halogens is 2. The number of benzene rings is 1. The summed E-state index contributed by atoms with van der Waals surface area (Å²) in [6.45, 7) is 1.31. The van der Waals surface area contributed by atoms with Gasteiger partial charge in [-0.05, 0) is 18.5 Å². The van der Waals surface area contributed by atoms with Gasteiger partial charge in [0.1, 0.15) is 6.61 Å². The van der Waals surface area contributed by atoms with Crippen LogP contribution in [0.25, 0.3) is 0 Å². The maximum absolute atomic E-state index is 11.7. The Bertz CT molecular complexity index is 267. The molecule has 0 amide bonds. The third kappa shape index (κ3) is 6.48. The smallest absolute Gasteiger partial charge is 0.261 e. The van der Waals surface area contributed by atoms with Gasteiger partial charge in [0.25, 0.3) is 6.43 Å². The first-order valence-electron chi connectivity index (χ1n) is 5.39. The zero-order chi connectivity index (χ0) is 11.6. The van der Waals surface area contributed by atoms with E-state index in [2.05, 4.69) is 17.4 Å². The third-order valence-electron chi connectivity index (χ3n) is 2.10. The lowest BCUT2D eigenvalue weighted by Gasteiger charge is -2.05. The van der Waals surface area contributed by atoms with E-state index >= 15 is 0 Å². The van der Waals surface area contributed by atoms with Crippen LogP contribution in [0.4, 0.5) is 8.78 Å². The summed E-state index contributed by atoms with van der Waals surface area (Å²) in [7, 11) is 0. The Morgan fingerprint density at radius 2 is 1.88 bits per heavy atom. The van der Waals surface area contributed by atoms with E-state index in [9.17, 15) is 8.78 Å². The van der Waals surface area contributed by atoms with Gasteiger partial charge in [0.2, 0.25) is 0 Å². The fourth-order valence-electron chi connectivity index (χ4n) is 1.32. The summed E-state index contributed by atoms with van der Waals surface area (Å²) < 4.78 is 28.1. The lowest BCUT2D eigenvalue weighted by Crippen LogP contribution is -2.23. The van der Waals surface area contributed by atoms with Crippen molar-refractivity contribution in [2.24, 2.45) is 0 Å². The molecule has 0 saturated carbocycles. The van der Waals surface area contributed by atoms with Crippen LogP contribution >= 0.6 is 0 Å². The van der Waals surface area contributed by atoms with Crippen LogP contribution in [0.2, 0.25) is 0 Å². The van der Waals surface area contributed by atoms with Crippen LogP contribution in [-0.4, -0.2) is 32.7 Å². The second kappa shape index (κ2) is 8.19. The molecule has 1 rings (SSSR count). The molecule has 0 heterocycles. The average Bonchev–Trinajstić information content (AvgIpc) is 2.29. The number of nitrogens with one attached hydrogen (secondary N) is 1. The lowest BCUT2D eigenvalue weighted by atomic mass is 10.1. The molecule has 1 aromatic rings. The largest absolute Gasteiger partial charge is 0.374 e. The summed E-state index contributed by atoms with van der Waals surface area (Å²) in [6, 6.07) is 10.1. The van der Waals surface area contributed by atoms with E-state index < -0.39 is 13.0 Å². The van der Waals surface area contributed by atoms with Crippen molar-refractivity contribution in [1.29, 1.82) is 0 Å². The van der Waals surface area contributed by atoms with Crippen LogP contribution < -0.4 is 5.32 Å². The monoisotopic (exact) mass is 229 g/mol. The summed E-state index contributed by atoms with van der Waals surface area (Å²) in [5.74, 6) is 0. The van der Waals surface area contributed by atoms with Crippen LogP contribution in [0.5, 0.6) is 0 Å². The molecule has 2 nitrogen and oxygen atoms in total. The molecule has 16 heavy (non-hydrogen) atoms. The Morgan fingerprint density at radius 1 is 1.12 bits per heavy atom. The standard InChI is InChI=1S/C12H17F2NO/c13-12(14)10-16-9-8-15-7-6-11-4-2-1-3-5-11/h1-5,12,15H,6-10H2. The van der Waals surface area contributed by atoms with Crippen molar-refractivity contribution in [2.75, 3.05) is 26.3 Å². The molecule has 0 aromatic heterocycles. The van der Waals surface area contributed by atoms with Crippen LogP contribution in [0.3, 0.4) is 0 Å². The zero-order valence-electron chi connectivity index (χ0n) is 9.16. The van der Waals surface area contributed by atoms with Gasteiger partial charge < -0.3 is 10.1 Å². The summed E-state index contributed by atoms with van der Waals surface area (Å²) in [4.78, 5) is 0. The Balaban J connectivity index is 1.93. The minimum Gasteiger partial charge on any atom is -0.374 e.